The number of carbonyl (C=O) groups is 3. The number of amides is 4. The monoisotopic (exact) mass is 422 g/mol. The van der Waals surface area contributed by atoms with Gasteiger partial charge in [-0.3, -0.25) is 9.59 Å². The average Bonchev–Trinajstić information content (AvgIpc) is 2.67. The number of urea groups is 1. The molecule has 148 valence electrons. The Hall–Kier alpha value is -2.69. The summed E-state index contributed by atoms with van der Waals surface area (Å²) in [6.07, 6.45) is 2.16. The van der Waals surface area contributed by atoms with E-state index < -0.39 is 5.91 Å². The molecule has 3 N–H and O–H groups in total. The highest BCUT2D eigenvalue weighted by Gasteiger charge is 2.23. The van der Waals surface area contributed by atoms with Crippen LogP contribution in [-0.4, -0.2) is 59.9 Å². The molecular weight excluding hydrogens is 403 g/mol. The van der Waals surface area contributed by atoms with Crippen molar-refractivity contribution in [1.82, 2.24) is 15.1 Å². The Morgan fingerprint density at radius 3 is 2.36 bits per heavy atom. The number of primary amides is 1. The second-order valence-corrected chi connectivity index (χ2v) is 6.93. The Morgan fingerprint density at radius 2 is 1.75 bits per heavy atom. The molecule has 1 aromatic rings. The Kier molecular flexibility index (Phi) is 7.73. The Labute approximate surface area is 173 Å². The highest BCUT2D eigenvalue weighted by atomic mass is 35.5. The maximum Gasteiger partial charge on any atom is 0.318 e. The lowest BCUT2D eigenvalue weighted by molar-refractivity contribution is -0.127. The van der Waals surface area contributed by atoms with Gasteiger partial charge in [0, 0.05) is 43.9 Å². The third kappa shape index (κ3) is 6.48. The molecule has 1 heterocycles. The van der Waals surface area contributed by atoms with Gasteiger partial charge in [-0.25, -0.2) is 4.79 Å². The van der Waals surface area contributed by atoms with Crippen LogP contribution < -0.4 is 11.1 Å². The Morgan fingerprint density at radius 1 is 1.11 bits per heavy atom. The molecule has 9 heteroatoms. The van der Waals surface area contributed by atoms with Gasteiger partial charge in [0.1, 0.15) is 0 Å². The molecule has 7 nitrogen and oxygen atoms in total. The van der Waals surface area contributed by atoms with Crippen LogP contribution in [0.4, 0.5) is 4.79 Å². The van der Waals surface area contributed by atoms with Crippen LogP contribution in [0.5, 0.6) is 0 Å². The number of nitrogens with zero attached hydrogens (tertiary/aromatic N) is 2. The van der Waals surface area contributed by atoms with Crippen molar-refractivity contribution in [2.45, 2.75) is 13.0 Å². The summed E-state index contributed by atoms with van der Waals surface area (Å²) < 4.78 is 0. The molecule has 1 aliphatic heterocycles. The zero-order chi connectivity index (χ0) is 20.7. The molecular formula is C19H20Cl2N4O3. The average molecular weight is 423 g/mol. The lowest BCUT2D eigenvalue weighted by atomic mass is 10.2. The SMILES string of the molecule is CC(C#Cc1ccc(Cl)c(Cl)c1)NC(=O)N1CCN(C(=O)C=CC(N)=O)CC1. The largest absolute Gasteiger partial charge is 0.366 e. The van der Waals surface area contributed by atoms with E-state index in [1.54, 1.807) is 34.9 Å². The van der Waals surface area contributed by atoms with E-state index in [-0.39, 0.29) is 18.0 Å². The number of hydrogen-bond donors (Lipinski definition) is 2. The third-order valence-corrected chi connectivity index (χ3v) is 4.70. The van der Waals surface area contributed by atoms with E-state index in [2.05, 4.69) is 17.2 Å². The fourth-order valence-corrected chi connectivity index (χ4v) is 2.76. The van der Waals surface area contributed by atoms with Crippen molar-refractivity contribution in [3.05, 3.63) is 46.0 Å². The molecule has 0 bridgehead atoms. The van der Waals surface area contributed by atoms with E-state index in [4.69, 9.17) is 28.9 Å². The van der Waals surface area contributed by atoms with Gasteiger partial charge in [-0.05, 0) is 25.1 Å². The zero-order valence-electron chi connectivity index (χ0n) is 15.2. The number of nitrogens with one attached hydrogen (secondary N) is 1. The van der Waals surface area contributed by atoms with Gasteiger partial charge in [0.2, 0.25) is 11.8 Å². The van der Waals surface area contributed by atoms with Gasteiger partial charge in [-0.15, -0.1) is 0 Å². The summed E-state index contributed by atoms with van der Waals surface area (Å²) in [7, 11) is 0. The fourth-order valence-electron chi connectivity index (χ4n) is 2.47. The molecule has 4 amide bonds. The van der Waals surface area contributed by atoms with Crippen molar-refractivity contribution in [2.24, 2.45) is 5.73 Å². The van der Waals surface area contributed by atoms with Crippen molar-refractivity contribution in [3.63, 3.8) is 0 Å². The molecule has 28 heavy (non-hydrogen) atoms. The Bertz CT molecular complexity index is 852. The summed E-state index contributed by atoms with van der Waals surface area (Å²) in [6, 6.07) is 4.44. The third-order valence-electron chi connectivity index (χ3n) is 3.96. The lowest BCUT2D eigenvalue weighted by Gasteiger charge is -2.34. The summed E-state index contributed by atoms with van der Waals surface area (Å²) in [5.74, 6) is 4.90. The molecule has 1 aliphatic rings. The molecule has 1 unspecified atom stereocenters. The number of rotatable bonds is 3. The quantitative estimate of drug-likeness (QED) is 0.572. The number of hydrogen-bond acceptors (Lipinski definition) is 3. The van der Waals surface area contributed by atoms with Crippen LogP contribution in [0.25, 0.3) is 0 Å². The number of piperazine rings is 1. The van der Waals surface area contributed by atoms with Crippen molar-refractivity contribution >= 4 is 41.0 Å². The van der Waals surface area contributed by atoms with Crippen molar-refractivity contribution in [2.75, 3.05) is 26.2 Å². The van der Waals surface area contributed by atoms with Crippen LogP contribution in [-0.2, 0) is 9.59 Å². The summed E-state index contributed by atoms with van der Waals surface area (Å²) in [4.78, 5) is 38.1. The summed E-state index contributed by atoms with van der Waals surface area (Å²) in [6.45, 7) is 3.29. The molecule has 1 aromatic carbocycles. The second-order valence-electron chi connectivity index (χ2n) is 6.12. The number of carbonyl (C=O) groups excluding carboxylic acids is 3. The maximum atomic E-state index is 12.3. The van der Waals surface area contributed by atoms with E-state index in [1.165, 1.54) is 0 Å². The maximum absolute atomic E-state index is 12.3. The van der Waals surface area contributed by atoms with Gasteiger partial charge >= 0.3 is 6.03 Å². The van der Waals surface area contributed by atoms with E-state index in [0.717, 1.165) is 12.2 Å². The van der Waals surface area contributed by atoms with Crippen molar-refractivity contribution in [1.29, 1.82) is 0 Å². The molecule has 0 spiro atoms. The summed E-state index contributed by atoms with van der Waals surface area (Å²) >= 11 is 11.8. The number of nitrogens with two attached hydrogens (primary N) is 1. The molecule has 1 fully saturated rings. The number of benzene rings is 1. The second kappa shape index (κ2) is 10.0. The molecule has 2 rings (SSSR count). The zero-order valence-corrected chi connectivity index (χ0v) is 16.8. The van der Waals surface area contributed by atoms with Gasteiger partial charge in [-0.1, -0.05) is 35.0 Å². The first-order valence-corrected chi connectivity index (χ1v) is 9.30. The molecule has 0 aromatic heterocycles. The highest BCUT2D eigenvalue weighted by molar-refractivity contribution is 6.42. The van der Waals surface area contributed by atoms with Crippen molar-refractivity contribution in [3.8, 4) is 11.8 Å². The molecule has 1 atom stereocenters. The summed E-state index contributed by atoms with van der Waals surface area (Å²) in [5.41, 5.74) is 5.67. The van der Waals surface area contributed by atoms with Crippen LogP contribution >= 0.6 is 23.2 Å². The first-order valence-electron chi connectivity index (χ1n) is 8.54. The predicted octanol–water partition coefficient (Wildman–Crippen LogP) is 1.63. The topological polar surface area (TPSA) is 95.7 Å². The van der Waals surface area contributed by atoms with E-state index in [9.17, 15) is 14.4 Å². The van der Waals surface area contributed by atoms with Gasteiger partial charge in [0.05, 0.1) is 16.1 Å². The standard InChI is InChI=1S/C19H20Cl2N4O3/c1-13(2-3-14-4-5-15(20)16(21)12-14)23-19(28)25-10-8-24(9-11-25)18(27)7-6-17(22)26/h4-7,12-13H,8-11H2,1H3,(H2,22,26)(H,23,28). The highest BCUT2D eigenvalue weighted by Crippen LogP contribution is 2.22. The van der Waals surface area contributed by atoms with Crippen molar-refractivity contribution < 1.29 is 14.4 Å². The molecule has 0 saturated carbocycles. The van der Waals surface area contributed by atoms with E-state index >= 15 is 0 Å². The molecule has 1 saturated heterocycles. The van der Waals surface area contributed by atoms with Gasteiger partial charge in [-0.2, -0.15) is 0 Å². The van der Waals surface area contributed by atoms with Crippen LogP contribution in [0.2, 0.25) is 10.0 Å². The van der Waals surface area contributed by atoms with Gasteiger partial charge in [0.25, 0.3) is 0 Å². The molecule has 0 aliphatic carbocycles. The van der Waals surface area contributed by atoms with Crippen LogP contribution in [0, 0.1) is 11.8 Å². The van der Waals surface area contributed by atoms with Crippen LogP contribution in [0.3, 0.4) is 0 Å². The van der Waals surface area contributed by atoms with E-state index in [1.807, 2.05) is 0 Å². The Balaban J connectivity index is 1.84. The first kappa shape index (κ1) is 21.6. The minimum absolute atomic E-state index is 0.254. The minimum atomic E-state index is -0.678. The van der Waals surface area contributed by atoms with E-state index in [0.29, 0.717) is 41.8 Å². The number of halogens is 2. The smallest absolute Gasteiger partial charge is 0.318 e. The lowest BCUT2D eigenvalue weighted by Crippen LogP contribution is -2.54. The minimum Gasteiger partial charge on any atom is -0.366 e. The van der Waals surface area contributed by atoms with Crippen LogP contribution in [0.15, 0.2) is 30.4 Å². The normalized spacial score (nSPS) is 15.0. The van der Waals surface area contributed by atoms with Gasteiger partial charge in [0.15, 0.2) is 0 Å². The summed E-state index contributed by atoms with van der Waals surface area (Å²) in [5, 5.41) is 3.68. The van der Waals surface area contributed by atoms with Gasteiger partial charge < -0.3 is 20.9 Å². The van der Waals surface area contributed by atoms with Crippen LogP contribution in [0.1, 0.15) is 12.5 Å². The molecule has 0 radical (unpaired) electrons. The fraction of sp³-hybridized carbons (Fsp3) is 0.316. The predicted molar refractivity (Wildman–Crippen MR) is 108 cm³/mol. The first-order chi connectivity index (χ1) is 13.3.